The van der Waals surface area contributed by atoms with Crippen LogP contribution >= 0.6 is 27.3 Å². The van der Waals surface area contributed by atoms with Crippen LogP contribution in [0.2, 0.25) is 0 Å². The largest absolute Gasteiger partial charge is 0.324 e. The predicted molar refractivity (Wildman–Crippen MR) is 104 cm³/mol. The van der Waals surface area contributed by atoms with Crippen LogP contribution in [-0.4, -0.2) is 15.5 Å². The van der Waals surface area contributed by atoms with Gasteiger partial charge in [-0.05, 0) is 24.3 Å². The highest BCUT2D eigenvalue weighted by Gasteiger charge is 2.13. The summed E-state index contributed by atoms with van der Waals surface area (Å²) >= 11 is 4.76. The van der Waals surface area contributed by atoms with Crippen LogP contribution in [0, 0.1) is 0 Å². The molecule has 7 heteroatoms. The Kier molecular flexibility index (Phi) is 4.10. The zero-order valence-electron chi connectivity index (χ0n) is 12.9. The molecule has 2 aromatic heterocycles. The van der Waals surface area contributed by atoms with E-state index in [0.717, 1.165) is 14.6 Å². The number of carbonyl (C=O) groups excluding carboxylic acids is 1. The summed E-state index contributed by atoms with van der Waals surface area (Å²) in [6.45, 7) is -0.0808. The molecule has 0 bridgehead atoms. The second-order valence-electron chi connectivity index (χ2n) is 5.51. The van der Waals surface area contributed by atoms with Crippen molar-refractivity contribution in [2.75, 3.05) is 5.32 Å². The van der Waals surface area contributed by atoms with E-state index in [9.17, 15) is 9.59 Å². The van der Waals surface area contributed by atoms with Crippen LogP contribution in [0.1, 0.15) is 0 Å². The fourth-order valence-corrected chi connectivity index (χ4v) is 4.15. The van der Waals surface area contributed by atoms with Crippen LogP contribution in [0.3, 0.4) is 0 Å². The van der Waals surface area contributed by atoms with E-state index in [1.807, 2.05) is 36.4 Å². The van der Waals surface area contributed by atoms with E-state index in [1.54, 1.807) is 12.1 Å². The van der Waals surface area contributed by atoms with Gasteiger partial charge in [-0.25, -0.2) is 4.98 Å². The zero-order valence-corrected chi connectivity index (χ0v) is 15.3. The van der Waals surface area contributed by atoms with Crippen molar-refractivity contribution in [1.29, 1.82) is 0 Å². The van der Waals surface area contributed by atoms with Gasteiger partial charge in [0.05, 0.1) is 11.8 Å². The van der Waals surface area contributed by atoms with Crippen LogP contribution < -0.4 is 10.9 Å². The molecule has 0 saturated heterocycles. The highest BCUT2D eigenvalue weighted by molar-refractivity contribution is 9.10. The van der Waals surface area contributed by atoms with Gasteiger partial charge in [-0.2, -0.15) is 0 Å². The van der Waals surface area contributed by atoms with Crippen LogP contribution in [0.15, 0.2) is 64.1 Å². The third-order valence-corrected chi connectivity index (χ3v) is 5.41. The summed E-state index contributed by atoms with van der Waals surface area (Å²) in [4.78, 5) is 29.3. The van der Waals surface area contributed by atoms with Crippen LogP contribution in [0.25, 0.3) is 20.3 Å². The Morgan fingerprint density at radius 3 is 2.88 bits per heavy atom. The SMILES string of the molecule is O=C(Cn1cnc2c(sc3ccccc32)c1=O)Nc1cccc(Br)c1. The van der Waals surface area contributed by atoms with Crippen LogP contribution in [0.5, 0.6) is 0 Å². The quantitative estimate of drug-likeness (QED) is 0.551. The lowest BCUT2D eigenvalue weighted by Gasteiger charge is -2.07. The van der Waals surface area contributed by atoms with Crippen molar-refractivity contribution in [1.82, 2.24) is 9.55 Å². The summed E-state index contributed by atoms with van der Waals surface area (Å²) < 4.78 is 3.79. The Hall–Kier alpha value is -2.51. The smallest absolute Gasteiger partial charge is 0.271 e. The lowest BCUT2D eigenvalue weighted by atomic mass is 10.2. The number of anilines is 1. The van der Waals surface area contributed by atoms with Crippen molar-refractivity contribution in [2.24, 2.45) is 0 Å². The van der Waals surface area contributed by atoms with Crippen LogP contribution in [-0.2, 0) is 11.3 Å². The number of carbonyl (C=O) groups is 1. The molecule has 2 heterocycles. The number of benzene rings is 2. The molecule has 0 spiro atoms. The minimum absolute atomic E-state index is 0.0808. The lowest BCUT2D eigenvalue weighted by Crippen LogP contribution is -2.27. The van der Waals surface area contributed by atoms with Crippen molar-refractivity contribution in [3.05, 3.63) is 69.7 Å². The Morgan fingerprint density at radius 1 is 1.20 bits per heavy atom. The van der Waals surface area contributed by atoms with Gasteiger partial charge in [0.15, 0.2) is 0 Å². The molecule has 4 rings (SSSR count). The predicted octanol–water partition coefficient (Wildman–Crippen LogP) is 4.01. The van der Waals surface area contributed by atoms with E-state index in [2.05, 4.69) is 26.2 Å². The number of halogens is 1. The van der Waals surface area contributed by atoms with Gasteiger partial charge in [0, 0.05) is 20.2 Å². The van der Waals surface area contributed by atoms with E-state index in [4.69, 9.17) is 0 Å². The average Bonchev–Trinajstić information content (AvgIpc) is 2.97. The van der Waals surface area contributed by atoms with Gasteiger partial charge < -0.3 is 5.32 Å². The molecule has 2 aromatic carbocycles. The minimum atomic E-state index is -0.275. The molecule has 0 aliphatic rings. The molecule has 124 valence electrons. The van der Waals surface area contributed by atoms with Crippen molar-refractivity contribution in [3.8, 4) is 0 Å². The molecule has 0 aliphatic heterocycles. The maximum absolute atomic E-state index is 12.7. The summed E-state index contributed by atoms with van der Waals surface area (Å²) in [7, 11) is 0. The molecule has 0 atom stereocenters. The van der Waals surface area contributed by atoms with Gasteiger partial charge in [0.1, 0.15) is 11.2 Å². The molecule has 1 amide bonds. The van der Waals surface area contributed by atoms with Gasteiger partial charge in [-0.3, -0.25) is 14.2 Å². The molecule has 5 nitrogen and oxygen atoms in total. The number of amides is 1. The van der Waals surface area contributed by atoms with Gasteiger partial charge in [-0.15, -0.1) is 11.3 Å². The summed E-state index contributed by atoms with van der Waals surface area (Å²) in [5.41, 5.74) is 1.16. The molecule has 4 aromatic rings. The standard InChI is InChI=1S/C18H12BrN3O2S/c19-11-4-3-5-12(8-11)21-15(23)9-22-10-20-16-13-6-1-2-7-14(13)25-17(16)18(22)24/h1-8,10H,9H2,(H,21,23). The summed E-state index contributed by atoms with van der Waals surface area (Å²) in [6.07, 6.45) is 1.43. The first kappa shape index (κ1) is 16.0. The first-order valence-corrected chi connectivity index (χ1v) is 9.15. The van der Waals surface area contributed by atoms with Gasteiger partial charge in [0.2, 0.25) is 5.91 Å². The third kappa shape index (κ3) is 3.08. The Balaban J connectivity index is 1.65. The molecular weight excluding hydrogens is 402 g/mol. The van der Waals surface area contributed by atoms with E-state index in [0.29, 0.717) is 15.9 Å². The first-order chi connectivity index (χ1) is 12.1. The van der Waals surface area contributed by atoms with Crippen molar-refractivity contribution >= 4 is 59.2 Å². The molecule has 0 fully saturated rings. The maximum Gasteiger partial charge on any atom is 0.271 e. The monoisotopic (exact) mass is 413 g/mol. The number of thiophene rings is 1. The number of hydrogen-bond acceptors (Lipinski definition) is 4. The van der Waals surface area contributed by atoms with Crippen molar-refractivity contribution in [2.45, 2.75) is 6.54 Å². The normalized spacial score (nSPS) is 11.1. The zero-order chi connectivity index (χ0) is 17.4. The number of nitrogens with one attached hydrogen (secondary N) is 1. The summed E-state index contributed by atoms with van der Waals surface area (Å²) in [5.74, 6) is -0.275. The Morgan fingerprint density at radius 2 is 2.04 bits per heavy atom. The highest BCUT2D eigenvalue weighted by Crippen LogP contribution is 2.29. The Labute approximate surface area is 155 Å². The van der Waals surface area contributed by atoms with E-state index < -0.39 is 0 Å². The van der Waals surface area contributed by atoms with E-state index in [-0.39, 0.29) is 18.0 Å². The van der Waals surface area contributed by atoms with E-state index >= 15 is 0 Å². The summed E-state index contributed by atoms with van der Waals surface area (Å²) in [6, 6.07) is 15.1. The second-order valence-corrected chi connectivity index (χ2v) is 7.48. The Bertz CT molecular complexity index is 1170. The molecule has 1 N–H and O–H groups in total. The molecule has 0 aliphatic carbocycles. The molecule has 0 saturated carbocycles. The first-order valence-electron chi connectivity index (χ1n) is 7.54. The van der Waals surface area contributed by atoms with Gasteiger partial charge >= 0.3 is 0 Å². The van der Waals surface area contributed by atoms with Gasteiger partial charge in [0.25, 0.3) is 5.56 Å². The van der Waals surface area contributed by atoms with E-state index in [1.165, 1.54) is 22.2 Å². The molecular formula is C18H12BrN3O2S. The van der Waals surface area contributed by atoms with Gasteiger partial charge in [-0.1, -0.05) is 40.2 Å². The molecule has 0 unspecified atom stereocenters. The minimum Gasteiger partial charge on any atom is -0.324 e. The average molecular weight is 414 g/mol. The highest BCUT2D eigenvalue weighted by atomic mass is 79.9. The van der Waals surface area contributed by atoms with Crippen LogP contribution in [0.4, 0.5) is 5.69 Å². The fraction of sp³-hybridized carbons (Fsp3) is 0.0556. The number of nitrogens with zero attached hydrogens (tertiary/aromatic N) is 2. The maximum atomic E-state index is 12.7. The molecule has 25 heavy (non-hydrogen) atoms. The second kappa shape index (κ2) is 6.42. The number of fused-ring (bicyclic) bond motifs is 3. The number of hydrogen-bond donors (Lipinski definition) is 1. The number of aromatic nitrogens is 2. The summed E-state index contributed by atoms with van der Waals surface area (Å²) in [5, 5.41) is 3.74. The van der Waals surface area contributed by atoms with Crippen molar-refractivity contribution < 1.29 is 4.79 Å². The lowest BCUT2D eigenvalue weighted by molar-refractivity contribution is -0.116. The number of rotatable bonds is 3. The fourth-order valence-electron chi connectivity index (χ4n) is 2.65. The van der Waals surface area contributed by atoms with Crippen molar-refractivity contribution in [3.63, 3.8) is 0 Å². The molecule has 0 radical (unpaired) electrons. The topological polar surface area (TPSA) is 64.0 Å². The third-order valence-electron chi connectivity index (χ3n) is 3.77.